The molecule has 4 rings (SSSR count). The Labute approximate surface area is 159 Å². The van der Waals surface area contributed by atoms with Gasteiger partial charge < -0.3 is 0 Å². The number of nitriles is 1. The maximum atomic E-state index is 12.9. The van der Waals surface area contributed by atoms with Crippen molar-refractivity contribution in [2.45, 2.75) is 19.3 Å². The molecule has 0 spiro atoms. The van der Waals surface area contributed by atoms with E-state index in [0.717, 1.165) is 42.4 Å². The third kappa shape index (κ3) is 3.37. The van der Waals surface area contributed by atoms with Crippen LogP contribution in [0.25, 0.3) is 10.8 Å². The predicted molar refractivity (Wildman–Crippen MR) is 107 cm³/mol. The maximum absolute atomic E-state index is 12.9. The van der Waals surface area contributed by atoms with Crippen molar-refractivity contribution in [3.63, 3.8) is 0 Å². The summed E-state index contributed by atoms with van der Waals surface area (Å²) in [5.74, 6) is 0.143. The summed E-state index contributed by atoms with van der Waals surface area (Å²) in [7, 11) is 0. The minimum absolute atomic E-state index is 0.143. The van der Waals surface area contributed by atoms with Gasteiger partial charge in [-0.3, -0.25) is 14.8 Å². The lowest BCUT2D eigenvalue weighted by molar-refractivity contribution is -0.130. The number of hydrazine groups is 1. The summed E-state index contributed by atoms with van der Waals surface area (Å²) in [5, 5.41) is 15.3. The van der Waals surface area contributed by atoms with E-state index < -0.39 is 0 Å². The molecule has 3 aromatic carbocycles. The first-order valence-corrected chi connectivity index (χ1v) is 9.31. The van der Waals surface area contributed by atoms with Gasteiger partial charge in [0.15, 0.2) is 0 Å². The van der Waals surface area contributed by atoms with Gasteiger partial charge in [-0.1, -0.05) is 54.6 Å². The standard InChI is InChI=1S/C23H21N3O/c24-17-19-12-13-22(21-10-5-4-9-20(19)21)25-15-6-16-26(25)23(27)14-11-18-7-2-1-3-8-18/h1-5,7-10,12-13H,6,11,14-16H2. The molecule has 0 unspecified atom stereocenters. The molecule has 1 heterocycles. The molecule has 4 nitrogen and oxygen atoms in total. The molecular weight excluding hydrogens is 334 g/mol. The number of amides is 1. The van der Waals surface area contributed by atoms with Gasteiger partial charge in [-0.05, 0) is 30.5 Å². The van der Waals surface area contributed by atoms with Crippen molar-refractivity contribution in [3.05, 3.63) is 77.9 Å². The van der Waals surface area contributed by atoms with Crippen molar-refractivity contribution in [1.29, 1.82) is 5.26 Å². The third-order valence-corrected chi connectivity index (χ3v) is 5.09. The summed E-state index contributed by atoms with van der Waals surface area (Å²) >= 11 is 0. The number of hydrogen-bond acceptors (Lipinski definition) is 3. The van der Waals surface area contributed by atoms with E-state index in [4.69, 9.17) is 0 Å². The Kier molecular flexibility index (Phi) is 4.76. The summed E-state index contributed by atoms with van der Waals surface area (Å²) in [5.41, 5.74) is 2.84. The zero-order valence-corrected chi connectivity index (χ0v) is 15.1. The second-order valence-corrected chi connectivity index (χ2v) is 6.77. The fourth-order valence-corrected chi connectivity index (χ4v) is 3.75. The first-order valence-electron chi connectivity index (χ1n) is 9.31. The molecule has 1 aliphatic heterocycles. The first-order chi connectivity index (χ1) is 13.3. The number of anilines is 1. The van der Waals surface area contributed by atoms with Crippen LogP contribution in [0.1, 0.15) is 24.0 Å². The summed E-state index contributed by atoms with van der Waals surface area (Å²) in [6, 6.07) is 24.1. The SMILES string of the molecule is N#Cc1ccc(N2CCCN2C(=O)CCc2ccccc2)c2ccccc12. The van der Waals surface area contributed by atoms with Crippen LogP contribution in [0.3, 0.4) is 0 Å². The van der Waals surface area contributed by atoms with Gasteiger partial charge in [0.1, 0.15) is 0 Å². The fourth-order valence-electron chi connectivity index (χ4n) is 3.75. The van der Waals surface area contributed by atoms with Gasteiger partial charge in [0, 0.05) is 30.3 Å². The van der Waals surface area contributed by atoms with Crippen LogP contribution >= 0.6 is 0 Å². The van der Waals surface area contributed by atoms with E-state index in [0.29, 0.717) is 12.0 Å². The molecule has 1 fully saturated rings. The lowest BCUT2D eigenvalue weighted by atomic mass is 10.0. The summed E-state index contributed by atoms with van der Waals surface area (Å²) in [4.78, 5) is 12.9. The molecule has 1 aliphatic rings. The van der Waals surface area contributed by atoms with Crippen LogP contribution in [0.4, 0.5) is 5.69 Å². The minimum atomic E-state index is 0.143. The van der Waals surface area contributed by atoms with Crippen molar-refractivity contribution in [2.75, 3.05) is 18.1 Å². The van der Waals surface area contributed by atoms with Crippen LogP contribution in [0.15, 0.2) is 66.7 Å². The van der Waals surface area contributed by atoms with Gasteiger partial charge in [0.2, 0.25) is 5.91 Å². The Morgan fingerprint density at radius 1 is 0.926 bits per heavy atom. The topological polar surface area (TPSA) is 47.3 Å². The summed E-state index contributed by atoms with van der Waals surface area (Å²) < 4.78 is 0. The number of aryl methyl sites for hydroxylation is 1. The summed E-state index contributed by atoms with van der Waals surface area (Å²) in [6.07, 6.45) is 2.19. The average molecular weight is 355 g/mol. The Morgan fingerprint density at radius 3 is 2.44 bits per heavy atom. The normalized spacial score (nSPS) is 13.7. The van der Waals surface area contributed by atoms with Crippen LogP contribution in [0.5, 0.6) is 0 Å². The zero-order chi connectivity index (χ0) is 18.6. The molecule has 3 aromatic rings. The van der Waals surface area contributed by atoms with E-state index in [1.54, 1.807) is 0 Å². The highest BCUT2D eigenvalue weighted by atomic mass is 16.2. The Hall–Kier alpha value is -3.32. The van der Waals surface area contributed by atoms with Crippen molar-refractivity contribution in [3.8, 4) is 6.07 Å². The Morgan fingerprint density at radius 2 is 1.67 bits per heavy atom. The van der Waals surface area contributed by atoms with Crippen molar-refractivity contribution < 1.29 is 4.79 Å². The van der Waals surface area contributed by atoms with E-state index in [9.17, 15) is 10.1 Å². The lowest BCUT2D eigenvalue weighted by Gasteiger charge is -2.31. The smallest absolute Gasteiger partial charge is 0.241 e. The quantitative estimate of drug-likeness (QED) is 0.701. The van der Waals surface area contributed by atoms with Crippen LogP contribution in [-0.2, 0) is 11.2 Å². The number of nitrogens with zero attached hydrogens (tertiary/aromatic N) is 3. The van der Waals surface area contributed by atoms with Crippen LogP contribution < -0.4 is 5.01 Å². The third-order valence-electron chi connectivity index (χ3n) is 5.09. The van der Waals surface area contributed by atoms with Crippen molar-refractivity contribution >= 4 is 22.4 Å². The molecule has 134 valence electrons. The lowest BCUT2D eigenvalue weighted by Crippen LogP contribution is -2.41. The number of benzene rings is 3. The summed E-state index contributed by atoms with van der Waals surface area (Å²) in [6.45, 7) is 1.55. The second kappa shape index (κ2) is 7.51. The number of carbonyl (C=O) groups is 1. The second-order valence-electron chi connectivity index (χ2n) is 6.77. The number of fused-ring (bicyclic) bond motifs is 1. The van der Waals surface area contributed by atoms with E-state index in [1.807, 2.05) is 59.6 Å². The molecule has 4 heteroatoms. The number of rotatable bonds is 4. The molecule has 27 heavy (non-hydrogen) atoms. The number of hydrogen-bond donors (Lipinski definition) is 0. The van der Waals surface area contributed by atoms with Crippen LogP contribution in [-0.4, -0.2) is 24.0 Å². The highest BCUT2D eigenvalue weighted by Gasteiger charge is 2.28. The van der Waals surface area contributed by atoms with E-state index >= 15 is 0 Å². The maximum Gasteiger partial charge on any atom is 0.241 e. The Bertz CT molecular complexity index is 1010. The van der Waals surface area contributed by atoms with E-state index in [-0.39, 0.29) is 5.91 Å². The largest absolute Gasteiger partial charge is 0.282 e. The van der Waals surface area contributed by atoms with Gasteiger partial charge in [0.25, 0.3) is 0 Å². The van der Waals surface area contributed by atoms with Gasteiger partial charge >= 0.3 is 0 Å². The molecule has 0 N–H and O–H groups in total. The van der Waals surface area contributed by atoms with Gasteiger partial charge in [-0.25, -0.2) is 0 Å². The predicted octanol–water partition coefficient (Wildman–Crippen LogP) is 4.30. The highest BCUT2D eigenvalue weighted by molar-refractivity contribution is 5.98. The molecule has 0 bridgehead atoms. The van der Waals surface area contributed by atoms with Gasteiger partial charge in [-0.15, -0.1) is 0 Å². The number of carbonyl (C=O) groups excluding carboxylic acids is 1. The molecule has 0 aromatic heterocycles. The first kappa shape index (κ1) is 17.1. The average Bonchev–Trinajstić information content (AvgIpc) is 3.21. The van der Waals surface area contributed by atoms with Gasteiger partial charge in [-0.2, -0.15) is 5.26 Å². The molecule has 0 aliphatic carbocycles. The Balaban J connectivity index is 1.59. The van der Waals surface area contributed by atoms with Crippen molar-refractivity contribution in [2.24, 2.45) is 0 Å². The van der Waals surface area contributed by atoms with E-state index in [2.05, 4.69) is 23.2 Å². The molecule has 0 atom stereocenters. The molecule has 1 amide bonds. The van der Waals surface area contributed by atoms with Crippen LogP contribution in [0.2, 0.25) is 0 Å². The molecular formula is C23H21N3O. The zero-order valence-electron chi connectivity index (χ0n) is 15.1. The fraction of sp³-hybridized carbons (Fsp3) is 0.217. The monoisotopic (exact) mass is 355 g/mol. The van der Waals surface area contributed by atoms with E-state index in [1.165, 1.54) is 5.56 Å². The van der Waals surface area contributed by atoms with Crippen LogP contribution in [0, 0.1) is 11.3 Å². The minimum Gasteiger partial charge on any atom is -0.282 e. The highest BCUT2D eigenvalue weighted by Crippen LogP contribution is 2.32. The van der Waals surface area contributed by atoms with Crippen molar-refractivity contribution in [1.82, 2.24) is 5.01 Å². The molecule has 0 saturated carbocycles. The van der Waals surface area contributed by atoms with Gasteiger partial charge in [0.05, 0.1) is 17.3 Å². The molecule has 0 radical (unpaired) electrons. The molecule has 1 saturated heterocycles.